The molecule has 0 bridgehead atoms. The first-order valence-electron chi connectivity index (χ1n) is 5.02. The molecule has 1 radical (unpaired) electrons. The highest BCUT2D eigenvalue weighted by atomic mass is 28.3. The lowest BCUT2D eigenvalue weighted by Crippen LogP contribution is -2.34. The molecule has 15 heavy (non-hydrogen) atoms. The molecule has 0 saturated heterocycles. The molecule has 0 aliphatic rings. The summed E-state index contributed by atoms with van der Waals surface area (Å²) in [6, 6.07) is 0. The zero-order valence-corrected chi connectivity index (χ0v) is 11.2. The Balaban J connectivity index is 4.22. The van der Waals surface area contributed by atoms with Gasteiger partial charge in [0.1, 0.15) is 6.23 Å². The van der Waals surface area contributed by atoms with Crippen molar-refractivity contribution >= 4 is 9.28 Å². The van der Waals surface area contributed by atoms with Crippen molar-refractivity contribution in [1.82, 2.24) is 0 Å². The molecule has 4 nitrogen and oxygen atoms in total. The smallest absolute Gasteiger partial charge is 0.394 e. The molecule has 0 aliphatic heterocycles. The van der Waals surface area contributed by atoms with Crippen LogP contribution >= 0.6 is 0 Å². The fraction of sp³-hybridized carbons (Fsp3) is 0.800. The topological polar surface area (TPSA) is 53.7 Å². The Bertz CT molecular complexity index is 193. The lowest BCUT2D eigenvalue weighted by atomic mass is 10.1. The van der Waals surface area contributed by atoms with Gasteiger partial charge in [0, 0.05) is 14.2 Å². The third-order valence-electron chi connectivity index (χ3n) is 1.88. The van der Waals surface area contributed by atoms with Crippen LogP contribution in [0.15, 0.2) is 11.8 Å². The van der Waals surface area contributed by atoms with E-state index in [4.69, 9.17) is 19.3 Å². The van der Waals surface area contributed by atoms with Crippen LogP contribution in [0.1, 0.15) is 27.2 Å². The zero-order valence-electron chi connectivity index (χ0n) is 10.2. The molecule has 2 N–H and O–H groups in total. The first-order chi connectivity index (χ1) is 6.95. The minimum Gasteiger partial charge on any atom is -0.394 e. The lowest BCUT2D eigenvalue weighted by molar-refractivity contribution is -0.0392. The van der Waals surface area contributed by atoms with Crippen LogP contribution in [-0.4, -0.2) is 35.3 Å². The van der Waals surface area contributed by atoms with Crippen molar-refractivity contribution in [3.8, 4) is 0 Å². The summed E-state index contributed by atoms with van der Waals surface area (Å²) in [5.74, 6) is 0. The van der Waals surface area contributed by atoms with E-state index in [9.17, 15) is 0 Å². The molecule has 0 saturated carbocycles. The number of hydrogen-bond donors (Lipinski definition) is 1. The van der Waals surface area contributed by atoms with E-state index >= 15 is 0 Å². The van der Waals surface area contributed by atoms with Gasteiger partial charge < -0.3 is 19.3 Å². The Morgan fingerprint density at radius 3 is 2.27 bits per heavy atom. The first kappa shape index (κ1) is 14.8. The van der Waals surface area contributed by atoms with Gasteiger partial charge in [-0.15, -0.1) is 0 Å². The van der Waals surface area contributed by atoms with E-state index in [1.54, 1.807) is 14.2 Å². The van der Waals surface area contributed by atoms with E-state index in [-0.39, 0.29) is 11.8 Å². The molecular formula is C10H22NO3Si. The van der Waals surface area contributed by atoms with Gasteiger partial charge in [-0.2, -0.15) is 0 Å². The van der Waals surface area contributed by atoms with E-state index in [0.29, 0.717) is 0 Å². The van der Waals surface area contributed by atoms with E-state index in [1.807, 2.05) is 32.5 Å². The number of ether oxygens (including phenoxy) is 1. The number of nitrogens with two attached hydrogens (primary N) is 1. The summed E-state index contributed by atoms with van der Waals surface area (Å²) < 4.78 is 15.9. The van der Waals surface area contributed by atoms with Gasteiger partial charge >= 0.3 is 9.28 Å². The summed E-state index contributed by atoms with van der Waals surface area (Å²) >= 11 is 0. The summed E-state index contributed by atoms with van der Waals surface area (Å²) in [5.41, 5.74) is 7.24. The van der Waals surface area contributed by atoms with Gasteiger partial charge in [-0.05, 0) is 26.0 Å². The maximum atomic E-state index is 5.72. The van der Waals surface area contributed by atoms with Crippen molar-refractivity contribution in [2.45, 2.75) is 39.0 Å². The summed E-state index contributed by atoms with van der Waals surface area (Å²) in [7, 11) is 1.97. The van der Waals surface area contributed by atoms with Crippen LogP contribution in [0.5, 0.6) is 0 Å². The van der Waals surface area contributed by atoms with Crippen molar-refractivity contribution in [2.24, 2.45) is 5.73 Å². The van der Waals surface area contributed by atoms with E-state index < -0.39 is 9.28 Å². The van der Waals surface area contributed by atoms with Gasteiger partial charge in [0.05, 0.1) is 5.60 Å². The van der Waals surface area contributed by atoms with Crippen LogP contribution in [0.25, 0.3) is 0 Å². The summed E-state index contributed by atoms with van der Waals surface area (Å²) in [6.45, 7) is 5.91. The number of hydrogen-bond acceptors (Lipinski definition) is 4. The minimum absolute atomic E-state index is 0.231. The summed E-state index contributed by atoms with van der Waals surface area (Å²) in [4.78, 5) is 0. The minimum atomic E-state index is -1.30. The summed E-state index contributed by atoms with van der Waals surface area (Å²) in [5, 5.41) is 0. The molecule has 5 heteroatoms. The van der Waals surface area contributed by atoms with Crippen LogP contribution in [0.3, 0.4) is 0 Å². The van der Waals surface area contributed by atoms with Gasteiger partial charge in [-0.1, -0.05) is 13.0 Å². The molecule has 0 aromatic carbocycles. The third kappa shape index (κ3) is 6.81. The maximum Gasteiger partial charge on any atom is 0.414 e. The first-order valence-corrected chi connectivity index (χ1v) is 6.42. The molecule has 0 aliphatic carbocycles. The van der Waals surface area contributed by atoms with E-state index in [2.05, 4.69) is 0 Å². The maximum absolute atomic E-state index is 5.72. The fourth-order valence-corrected chi connectivity index (χ4v) is 1.98. The third-order valence-corrected chi connectivity index (χ3v) is 3.12. The molecule has 0 aromatic rings. The average Bonchev–Trinajstić information content (AvgIpc) is 2.18. The highest BCUT2D eigenvalue weighted by molar-refractivity contribution is 6.50. The van der Waals surface area contributed by atoms with Gasteiger partial charge in [0.15, 0.2) is 0 Å². The second kappa shape index (κ2) is 7.13. The molecule has 0 rings (SSSR count). The Morgan fingerprint density at radius 2 is 1.87 bits per heavy atom. The monoisotopic (exact) mass is 232 g/mol. The van der Waals surface area contributed by atoms with Crippen molar-refractivity contribution < 1.29 is 13.6 Å². The van der Waals surface area contributed by atoms with Gasteiger partial charge in [-0.25, -0.2) is 0 Å². The highest BCUT2D eigenvalue weighted by Gasteiger charge is 2.19. The van der Waals surface area contributed by atoms with E-state index in [0.717, 1.165) is 6.42 Å². The SMILES string of the molecule is CCC(N)OC(C)(C)/C=C/[Si](OC)OC. The van der Waals surface area contributed by atoms with Crippen molar-refractivity contribution in [3.05, 3.63) is 11.8 Å². The Labute approximate surface area is 94.2 Å². The fourth-order valence-electron chi connectivity index (χ4n) is 1.00. The predicted molar refractivity (Wildman–Crippen MR) is 62.3 cm³/mol. The van der Waals surface area contributed by atoms with Gasteiger partial charge in [-0.3, -0.25) is 0 Å². The lowest BCUT2D eigenvalue weighted by Gasteiger charge is -2.25. The predicted octanol–water partition coefficient (Wildman–Crippen LogP) is 1.35. The van der Waals surface area contributed by atoms with Crippen LogP contribution < -0.4 is 5.73 Å². The van der Waals surface area contributed by atoms with Crippen LogP contribution in [0, 0.1) is 0 Å². The van der Waals surface area contributed by atoms with Crippen molar-refractivity contribution in [3.63, 3.8) is 0 Å². The van der Waals surface area contributed by atoms with Crippen LogP contribution in [-0.2, 0) is 13.6 Å². The largest absolute Gasteiger partial charge is 0.414 e. The molecule has 1 unspecified atom stereocenters. The van der Waals surface area contributed by atoms with Gasteiger partial charge in [0.2, 0.25) is 0 Å². The van der Waals surface area contributed by atoms with Crippen molar-refractivity contribution in [1.29, 1.82) is 0 Å². The van der Waals surface area contributed by atoms with Crippen LogP contribution in [0.4, 0.5) is 0 Å². The normalized spacial score (nSPS) is 15.1. The Morgan fingerprint density at radius 1 is 1.33 bits per heavy atom. The second-order valence-electron chi connectivity index (χ2n) is 3.73. The summed E-state index contributed by atoms with van der Waals surface area (Å²) in [6.07, 6.45) is 2.50. The average molecular weight is 232 g/mol. The molecule has 0 spiro atoms. The molecule has 1 atom stereocenters. The van der Waals surface area contributed by atoms with E-state index in [1.165, 1.54) is 0 Å². The Kier molecular flexibility index (Phi) is 7.04. The zero-order chi connectivity index (χ0) is 11.9. The Hall–Kier alpha value is -0.203. The highest BCUT2D eigenvalue weighted by Crippen LogP contribution is 2.14. The quantitative estimate of drug-likeness (QED) is 0.532. The number of rotatable bonds is 7. The molecule has 0 heterocycles. The molecule has 0 amide bonds. The van der Waals surface area contributed by atoms with Gasteiger partial charge in [0.25, 0.3) is 0 Å². The standard InChI is InChI=1S/C10H22NO3Si/c1-6-9(11)14-10(2,3)7-8-15(12-4)13-5/h7-9H,6,11H2,1-5H3/b8-7+. The second-order valence-corrected chi connectivity index (χ2v) is 5.52. The van der Waals surface area contributed by atoms with Crippen LogP contribution in [0.2, 0.25) is 0 Å². The van der Waals surface area contributed by atoms with Crippen molar-refractivity contribution in [2.75, 3.05) is 14.2 Å². The molecule has 0 fully saturated rings. The molecule has 0 aromatic heterocycles. The molecular weight excluding hydrogens is 210 g/mol. The molecule has 89 valence electrons.